The summed E-state index contributed by atoms with van der Waals surface area (Å²) in [5.41, 5.74) is 0.836. The number of thiazole rings is 1. The number of fused-ring (bicyclic) bond motifs is 1. The van der Waals surface area contributed by atoms with Gasteiger partial charge in [0.1, 0.15) is 11.3 Å². The lowest BCUT2D eigenvalue weighted by Gasteiger charge is -2.06. The summed E-state index contributed by atoms with van der Waals surface area (Å²) < 4.78 is 11.4. The maximum Gasteiger partial charge on any atom is 0.274 e. The Bertz CT molecular complexity index is 1020. The van der Waals surface area contributed by atoms with E-state index in [-0.39, 0.29) is 17.3 Å². The minimum Gasteiger partial charge on any atom is -0.494 e. The number of amides is 1. The molecule has 1 heterocycles. The highest BCUT2D eigenvalue weighted by Crippen LogP contribution is 2.36. The third kappa shape index (κ3) is 5.00. The maximum absolute atomic E-state index is 12.5. The summed E-state index contributed by atoms with van der Waals surface area (Å²) in [5.74, 6) is 0.681. The van der Waals surface area contributed by atoms with Crippen LogP contribution in [0.2, 0.25) is 0 Å². The topological polar surface area (TPSA) is 104 Å². The van der Waals surface area contributed by atoms with Crippen molar-refractivity contribution in [2.45, 2.75) is 26.2 Å². The first-order valence-corrected chi connectivity index (χ1v) is 10.0. The van der Waals surface area contributed by atoms with E-state index in [0.717, 1.165) is 36.3 Å². The van der Waals surface area contributed by atoms with Crippen LogP contribution < -0.4 is 14.8 Å². The van der Waals surface area contributed by atoms with Crippen LogP contribution in [-0.4, -0.2) is 29.5 Å². The number of methoxy groups -OCH3 is 1. The Hall–Kier alpha value is -3.20. The fourth-order valence-electron chi connectivity index (χ4n) is 2.71. The molecule has 0 saturated heterocycles. The van der Waals surface area contributed by atoms with Gasteiger partial charge in [0.2, 0.25) is 0 Å². The highest BCUT2D eigenvalue weighted by molar-refractivity contribution is 7.22. The molecule has 0 fully saturated rings. The van der Waals surface area contributed by atoms with E-state index in [1.165, 1.54) is 19.2 Å². The standard InChI is InChI=1S/C20H21N3O5S/c1-3-4-5-10-28-15-8-6-13(7-9-15)19(24)22-20-21-18-16(27-2)11-14(23(25)26)12-17(18)29-20/h6-9,11-12H,3-5,10H2,1-2H3,(H,21,22,24). The Kier molecular flexibility index (Phi) is 6.61. The van der Waals surface area contributed by atoms with E-state index in [0.29, 0.717) is 27.5 Å². The van der Waals surface area contributed by atoms with Crippen LogP contribution in [-0.2, 0) is 0 Å². The van der Waals surface area contributed by atoms with Gasteiger partial charge in [0.05, 0.1) is 29.4 Å². The molecule has 0 aliphatic carbocycles. The highest BCUT2D eigenvalue weighted by atomic mass is 32.1. The molecule has 1 N–H and O–H groups in total. The number of nitrogens with one attached hydrogen (secondary N) is 1. The van der Waals surface area contributed by atoms with Crippen molar-refractivity contribution in [2.75, 3.05) is 19.0 Å². The zero-order valence-corrected chi connectivity index (χ0v) is 17.0. The molecule has 2 aromatic carbocycles. The third-order valence-corrected chi connectivity index (χ3v) is 5.15. The number of carbonyl (C=O) groups excluding carboxylic acids is 1. The van der Waals surface area contributed by atoms with Gasteiger partial charge < -0.3 is 9.47 Å². The molecule has 0 aliphatic heterocycles. The summed E-state index contributed by atoms with van der Waals surface area (Å²) in [4.78, 5) is 27.4. The monoisotopic (exact) mass is 415 g/mol. The molecule has 9 heteroatoms. The van der Waals surface area contributed by atoms with Crippen molar-refractivity contribution in [3.63, 3.8) is 0 Å². The molecule has 3 rings (SSSR count). The van der Waals surface area contributed by atoms with Crippen molar-refractivity contribution in [2.24, 2.45) is 0 Å². The van der Waals surface area contributed by atoms with E-state index >= 15 is 0 Å². The number of nitrogens with zero attached hydrogens (tertiary/aromatic N) is 2. The molecule has 0 bridgehead atoms. The minimum absolute atomic E-state index is 0.0922. The van der Waals surface area contributed by atoms with E-state index in [1.807, 2.05) is 0 Å². The fourth-order valence-corrected chi connectivity index (χ4v) is 3.62. The van der Waals surface area contributed by atoms with Crippen molar-refractivity contribution in [1.82, 2.24) is 4.98 Å². The van der Waals surface area contributed by atoms with Crippen LogP contribution in [0.1, 0.15) is 36.5 Å². The summed E-state index contributed by atoms with van der Waals surface area (Å²) >= 11 is 1.15. The molecule has 29 heavy (non-hydrogen) atoms. The van der Waals surface area contributed by atoms with Crippen molar-refractivity contribution < 1.29 is 19.2 Å². The molecule has 0 spiro atoms. The van der Waals surface area contributed by atoms with E-state index in [1.54, 1.807) is 24.3 Å². The number of carbonyl (C=O) groups is 1. The SMILES string of the molecule is CCCCCOc1ccc(C(=O)Nc2nc3c(OC)cc([N+](=O)[O-])cc3s2)cc1. The molecule has 0 aliphatic rings. The summed E-state index contributed by atoms with van der Waals surface area (Å²) in [6, 6.07) is 9.60. The van der Waals surface area contributed by atoms with Gasteiger partial charge in [-0.1, -0.05) is 31.1 Å². The first kappa shape index (κ1) is 20.5. The quantitative estimate of drug-likeness (QED) is 0.298. The van der Waals surface area contributed by atoms with Gasteiger partial charge in [-0.3, -0.25) is 20.2 Å². The zero-order valence-electron chi connectivity index (χ0n) is 16.1. The Morgan fingerprint density at radius 3 is 2.66 bits per heavy atom. The van der Waals surface area contributed by atoms with Crippen molar-refractivity contribution in [1.29, 1.82) is 0 Å². The van der Waals surface area contributed by atoms with Gasteiger partial charge in [-0.05, 0) is 30.7 Å². The molecular weight excluding hydrogens is 394 g/mol. The molecule has 3 aromatic rings. The van der Waals surface area contributed by atoms with Gasteiger partial charge in [-0.2, -0.15) is 0 Å². The predicted molar refractivity (Wildman–Crippen MR) is 112 cm³/mol. The van der Waals surface area contributed by atoms with Gasteiger partial charge in [0.25, 0.3) is 11.6 Å². The van der Waals surface area contributed by atoms with Gasteiger partial charge in [-0.15, -0.1) is 0 Å². The number of non-ortho nitro benzene ring substituents is 1. The Labute approximate surface area is 171 Å². The van der Waals surface area contributed by atoms with E-state index < -0.39 is 4.92 Å². The fraction of sp³-hybridized carbons (Fsp3) is 0.300. The Morgan fingerprint density at radius 1 is 1.24 bits per heavy atom. The lowest BCUT2D eigenvalue weighted by atomic mass is 10.2. The molecule has 0 unspecified atom stereocenters. The third-order valence-electron chi connectivity index (χ3n) is 4.23. The molecule has 1 aromatic heterocycles. The van der Waals surface area contributed by atoms with Crippen molar-refractivity contribution in [3.8, 4) is 11.5 Å². The zero-order chi connectivity index (χ0) is 20.8. The number of nitro benzene ring substituents is 1. The number of aromatic nitrogens is 1. The number of unbranched alkanes of at least 4 members (excludes halogenated alkanes) is 2. The lowest BCUT2D eigenvalue weighted by Crippen LogP contribution is -2.11. The molecule has 0 atom stereocenters. The van der Waals surface area contributed by atoms with Crippen LogP contribution >= 0.6 is 11.3 Å². The summed E-state index contributed by atoms with van der Waals surface area (Å²) in [6.45, 7) is 2.79. The molecule has 8 nitrogen and oxygen atoms in total. The first-order chi connectivity index (χ1) is 14.0. The smallest absolute Gasteiger partial charge is 0.274 e. The van der Waals surface area contributed by atoms with Crippen LogP contribution in [0.3, 0.4) is 0 Å². The summed E-state index contributed by atoms with van der Waals surface area (Å²) in [5, 5.41) is 14.1. The second kappa shape index (κ2) is 9.33. The second-order valence-electron chi connectivity index (χ2n) is 6.30. The van der Waals surface area contributed by atoms with Crippen molar-refractivity contribution >= 4 is 38.3 Å². The van der Waals surface area contributed by atoms with Crippen molar-refractivity contribution in [3.05, 3.63) is 52.1 Å². The van der Waals surface area contributed by atoms with Crippen LogP contribution in [0, 0.1) is 10.1 Å². The van der Waals surface area contributed by atoms with E-state index in [2.05, 4.69) is 17.2 Å². The van der Waals surface area contributed by atoms with Gasteiger partial charge in [0, 0.05) is 11.6 Å². The summed E-state index contributed by atoms with van der Waals surface area (Å²) in [6.07, 6.45) is 3.25. The number of hydrogen-bond donors (Lipinski definition) is 1. The number of hydrogen-bond acceptors (Lipinski definition) is 7. The van der Waals surface area contributed by atoms with Gasteiger partial charge >= 0.3 is 0 Å². The second-order valence-corrected chi connectivity index (χ2v) is 7.34. The number of nitro groups is 1. The van der Waals surface area contributed by atoms with Gasteiger partial charge in [0.15, 0.2) is 10.9 Å². The van der Waals surface area contributed by atoms with E-state index in [9.17, 15) is 14.9 Å². The molecule has 0 saturated carbocycles. The Balaban J connectivity index is 1.71. The lowest BCUT2D eigenvalue weighted by molar-refractivity contribution is -0.384. The average Bonchev–Trinajstić information content (AvgIpc) is 3.13. The molecule has 1 amide bonds. The summed E-state index contributed by atoms with van der Waals surface area (Å²) in [7, 11) is 1.42. The van der Waals surface area contributed by atoms with E-state index in [4.69, 9.17) is 9.47 Å². The van der Waals surface area contributed by atoms with Gasteiger partial charge in [-0.25, -0.2) is 4.98 Å². The van der Waals surface area contributed by atoms with Crippen LogP contribution in [0.15, 0.2) is 36.4 Å². The highest BCUT2D eigenvalue weighted by Gasteiger charge is 2.17. The number of rotatable bonds is 9. The number of ether oxygens (including phenoxy) is 2. The normalized spacial score (nSPS) is 10.7. The average molecular weight is 415 g/mol. The predicted octanol–water partition coefficient (Wildman–Crippen LogP) is 5.03. The maximum atomic E-state index is 12.5. The van der Waals surface area contributed by atoms with Crippen LogP contribution in [0.4, 0.5) is 10.8 Å². The molecule has 152 valence electrons. The number of anilines is 1. The minimum atomic E-state index is -0.494. The Morgan fingerprint density at radius 2 is 2.00 bits per heavy atom. The molecular formula is C20H21N3O5S. The van der Waals surface area contributed by atoms with Crippen LogP contribution in [0.25, 0.3) is 10.2 Å². The molecule has 0 radical (unpaired) electrons. The number of benzene rings is 2. The first-order valence-electron chi connectivity index (χ1n) is 9.19. The van der Waals surface area contributed by atoms with Crippen LogP contribution in [0.5, 0.6) is 11.5 Å². The largest absolute Gasteiger partial charge is 0.494 e.